The summed E-state index contributed by atoms with van der Waals surface area (Å²) in [5, 5.41) is 33.7. The molecule has 1 amide bonds. The first-order valence-electron chi connectivity index (χ1n) is 17.2. The number of guanidine groups is 1. The number of sulfonamides is 1. The van der Waals surface area contributed by atoms with E-state index in [1.54, 1.807) is 12.3 Å². The van der Waals surface area contributed by atoms with Crippen LogP contribution in [0.2, 0.25) is 0 Å². The fourth-order valence-corrected chi connectivity index (χ4v) is 8.71. The lowest BCUT2D eigenvalue weighted by Gasteiger charge is -2.40. The van der Waals surface area contributed by atoms with Crippen molar-refractivity contribution in [1.29, 1.82) is 5.26 Å². The maximum absolute atomic E-state index is 14.5. The fourth-order valence-electron chi connectivity index (χ4n) is 7.04. The summed E-state index contributed by atoms with van der Waals surface area (Å²) in [7, 11) is -4.23. The molecule has 0 spiro atoms. The summed E-state index contributed by atoms with van der Waals surface area (Å²) in [6, 6.07) is 12.1. The molecule has 51 heavy (non-hydrogen) atoms. The van der Waals surface area contributed by atoms with Gasteiger partial charge in [-0.25, -0.2) is 13.2 Å². The lowest BCUT2D eigenvalue weighted by atomic mass is 9.86. The highest BCUT2D eigenvalue weighted by Crippen LogP contribution is 2.38. The number of nitrogens with zero attached hydrogens (tertiary/aromatic N) is 4. The van der Waals surface area contributed by atoms with Gasteiger partial charge in [-0.1, -0.05) is 57.0 Å². The standard InChI is InChI=1S/C35H48N6O9S/c1-35(2,14-7-4-8-15-38-33(37)39-22-36)21-40(51(45,46)25-11-12-30-31(18-25)50-23-49-30)19-29(42)27(17-24-9-5-3-6-10-24)41(34(43)44)28-20-48-32-26(28)13-16-47-32/h3,5-6,9-12,18,26-29,32,42H,4,7-8,13-17,19-21,23H2,1-2H3,(H,43,44)(H3,37,38,39)/t26-,27-,28-,29+,32+/m0/s1. The topological polar surface area (TPSA) is 209 Å². The van der Waals surface area contributed by atoms with Crippen LogP contribution in [0.25, 0.3) is 0 Å². The van der Waals surface area contributed by atoms with Crippen molar-refractivity contribution >= 4 is 22.1 Å². The number of rotatable bonds is 17. The van der Waals surface area contributed by atoms with Gasteiger partial charge < -0.3 is 34.9 Å². The minimum Gasteiger partial charge on any atom is -0.465 e. The number of hydrogen-bond acceptors (Lipinski definition) is 10. The Kier molecular flexibility index (Phi) is 12.6. The Bertz CT molecular complexity index is 1670. The zero-order valence-electron chi connectivity index (χ0n) is 29.0. The van der Waals surface area contributed by atoms with Crippen LogP contribution in [0.5, 0.6) is 11.5 Å². The summed E-state index contributed by atoms with van der Waals surface area (Å²) in [4.78, 5) is 18.4. The molecule has 5 atom stereocenters. The van der Waals surface area contributed by atoms with Crippen LogP contribution in [-0.4, -0.2) is 104 Å². The quantitative estimate of drug-likeness (QED) is 0.0609. The lowest BCUT2D eigenvalue weighted by molar-refractivity contribution is -0.0906. The zero-order valence-corrected chi connectivity index (χ0v) is 29.8. The van der Waals surface area contributed by atoms with Crippen LogP contribution in [0, 0.1) is 22.8 Å². The predicted octanol–water partition coefficient (Wildman–Crippen LogP) is 3.09. The molecule has 3 aliphatic heterocycles. The number of nitrogens with one attached hydrogen (secondary N) is 1. The summed E-state index contributed by atoms with van der Waals surface area (Å²) < 4.78 is 52.6. The number of aliphatic hydroxyl groups excluding tert-OH is 1. The largest absolute Gasteiger partial charge is 0.465 e. The third kappa shape index (κ3) is 9.60. The van der Waals surface area contributed by atoms with Gasteiger partial charge in [0.15, 0.2) is 24.0 Å². The Morgan fingerprint density at radius 3 is 2.65 bits per heavy atom. The minimum absolute atomic E-state index is 0.0228. The maximum atomic E-state index is 14.5. The van der Waals surface area contributed by atoms with Crippen LogP contribution in [0.3, 0.4) is 0 Å². The van der Waals surface area contributed by atoms with Gasteiger partial charge in [-0.15, -0.1) is 0 Å². The van der Waals surface area contributed by atoms with Gasteiger partial charge >= 0.3 is 6.09 Å². The summed E-state index contributed by atoms with van der Waals surface area (Å²) in [6.45, 7) is 4.60. The van der Waals surface area contributed by atoms with Gasteiger partial charge in [0.1, 0.15) is 0 Å². The molecule has 2 fully saturated rings. The predicted molar refractivity (Wildman–Crippen MR) is 186 cm³/mol. The maximum Gasteiger partial charge on any atom is 0.407 e. The van der Waals surface area contributed by atoms with Crippen molar-refractivity contribution in [3.05, 3.63) is 54.1 Å². The molecule has 0 unspecified atom stereocenters. The fraction of sp³-hybridized carbons (Fsp3) is 0.571. The van der Waals surface area contributed by atoms with E-state index in [1.165, 1.54) is 21.3 Å². The Morgan fingerprint density at radius 2 is 1.90 bits per heavy atom. The summed E-state index contributed by atoms with van der Waals surface area (Å²) in [5.41, 5.74) is 5.87. The van der Waals surface area contributed by atoms with E-state index in [0.29, 0.717) is 37.5 Å². The second kappa shape index (κ2) is 16.9. The number of ether oxygens (including phenoxy) is 4. The number of nitriles is 1. The molecule has 3 heterocycles. The molecular formula is C35H48N6O9S. The van der Waals surface area contributed by atoms with Crippen molar-refractivity contribution in [3.8, 4) is 17.7 Å². The molecule has 2 aromatic carbocycles. The van der Waals surface area contributed by atoms with Crippen molar-refractivity contribution in [3.63, 3.8) is 0 Å². The monoisotopic (exact) mass is 728 g/mol. The number of carboxylic acid groups (broad SMARTS) is 1. The van der Waals surface area contributed by atoms with E-state index in [9.17, 15) is 23.4 Å². The number of hydrogen-bond donors (Lipinski definition) is 4. The third-order valence-electron chi connectivity index (χ3n) is 9.63. The number of benzene rings is 2. The molecule has 3 aliphatic rings. The highest BCUT2D eigenvalue weighted by atomic mass is 32.2. The second-order valence-electron chi connectivity index (χ2n) is 13.9. The van der Waals surface area contributed by atoms with Crippen LogP contribution in [-0.2, 0) is 25.9 Å². The van der Waals surface area contributed by atoms with Crippen molar-refractivity contribution < 1.29 is 42.4 Å². The van der Waals surface area contributed by atoms with Crippen LogP contribution in [0.4, 0.5) is 4.79 Å². The van der Waals surface area contributed by atoms with E-state index in [2.05, 4.69) is 10.3 Å². The van der Waals surface area contributed by atoms with Gasteiger partial charge in [-0.3, -0.25) is 15.2 Å². The molecule has 0 bridgehead atoms. The Labute approximate surface area is 299 Å². The van der Waals surface area contributed by atoms with E-state index >= 15 is 0 Å². The molecule has 2 aromatic rings. The van der Waals surface area contributed by atoms with E-state index in [1.807, 2.05) is 44.2 Å². The number of amides is 1. The van der Waals surface area contributed by atoms with Crippen LogP contribution in [0.1, 0.15) is 51.5 Å². The van der Waals surface area contributed by atoms with Gasteiger partial charge in [-0.05, 0) is 48.8 Å². The van der Waals surface area contributed by atoms with Crippen LogP contribution < -0.4 is 20.5 Å². The normalized spacial score (nSPS) is 21.2. The molecule has 278 valence electrons. The Morgan fingerprint density at radius 1 is 1.14 bits per heavy atom. The second-order valence-corrected chi connectivity index (χ2v) is 15.8. The van der Waals surface area contributed by atoms with Gasteiger partial charge in [0, 0.05) is 31.6 Å². The number of nitrogens with two attached hydrogens (primary N) is 1. The average molecular weight is 729 g/mol. The lowest BCUT2D eigenvalue weighted by Crippen LogP contribution is -2.58. The first kappa shape index (κ1) is 38.1. The molecule has 0 aliphatic carbocycles. The first-order valence-corrected chi connectivity index (χ1v) is 18.6. The van der Waals surface area contributed by atoms with Gasteiger partial charge in [0.2, 0.25) is 22.8 Å². The number of aliphatic hydroxyl groups is 1. The number of aliphatic imine (C=N–C) groups is 1. The van der Waals surface area contributed by atoms with Crippen molar-refractivity contribution in [1.82, 2.24) is 14.5 Å². The van der Waals surface area contributed by atoms with E-state index in [-0.39, 0.29) is 49.7 Å². The summed E-state index contributed by atoms with van der Waals surface area (Å²) in [5.74, 6) is 0.592. The molecule has 16 heteroatoms. The highest BCUT2D eigenvalue weighted by Gasteiger charge is 2.49. The molecule has 0 aromatic heterocycles. The minimum atomic E-state index is -4.23. The zero-order chi connectivity index (χ0) is 36.6. The third-order valence-corrected chi connectivity index (χ3v) is 11.4. The number of fused-ring (bicyclic) bond motifs is 2. The highest BCUT2D eigenvalue weighted by molar-refractivity contribution is 7.89. The van der Waals surface area contributed by atoms with E-state index in [4.69, 9.17) is 29.9 Å². The van der Waals surface area contributed by atoms with Crippen molar-refractivity contribution in [2.24, 2.45) is 22.1 Å². The van der Waals surface area contributed by atoms with Gasteiger partial charge in [0.25, 0.3) is 0 Å². The van der Waals surface area contributed by atoms with Crippen molar-refractivity contribution in [2.75, 3.05) is 39.6 Å². The van der Waals surface area contributed by atoms with E-state index < -0.39 is 46.0 Å². The Hall–Kier alpha value is -4.14. The van der Waals surface area contributed by atoms with E-state index in [0.717, 1.165) is 24.8 Å². The number of carbonyl (C=O) groups is 1. The smallest absolute Gasteiger partial charge is 0.407 e. The molecule has 0 radical (unpaired) electrons. The van der Waals surface area contributed by atoms with Crippen LogP contribution >= 0.6 is 0 Å². The Balaban J connectivity index is 1.40. The summed E-state index contributed by atoms with van der Waals surface area (Å²) >= 11 is 0. The first-order chi connectivity index (χ1) is 24.4. The van der Waals surface area contributed by atoms with Gasteiger partial charge in [-0.2, -0.15) is 9.57 Å². The average Bonchev–Trinajstić information content (AvgIpc) is 3.85. The summed E-state index contributed by atoms with van der Waals surface area (Å²) in [6.07, 6.45) is 2.29. The molecule has 5 rings (SSSR count). The number of unbranched alkanes of at least 4 members (excludes halogenated alkanes) is 2. The van der Waals surface area contributed by atoms with Crippen LogP contribution in [0.15, 0.2) is 58.4 Å². The SMILES string of the molecule is CC(C)(CCCCCN=C(N)NC#N)CN(C[C@@H](O)[C@H](Cc1ccccc1)N(C(=O)O)[C@H]1CO[C@H]2OCC[C@H]21)S(=O)(=O)c1ccc2c(c1)OCO2. The molecule has 5 N–H and O–H groups in total. The molecule has 2 saturated heterocycles. The van der Waals surface area contributed by atoms with Gasteiger partial charge in [0.05, 0.1) is 36.3 Å². The molecule has 0 saturated carbocycles. The molecular weight excluding hydrogens is 680 g/mol. The molecule has 15 nitrogen and oxygen atoms in total. The van der Waals surface area contributed by atoms with Crippen molar-refractivity contribution in [2.45, 2.75) is 81.7 Å².